The first-order chi connectivity index (χ1) is 8.00. The smallest absolute Gasteiger partial charge is 0.384 e. The van der Waals surface area contributed by atoms with Crippen molar-refractivity contribution < 1.29 is 17.9 Å². The Morgan fingerprint density at radius 3 is 2.82 bits per heavy atom. The van der Waals surface area contributed by atoms with Crippen LogP contribution in [0.2, 0.25) is 0 Å². The average Bonchev–Trinajstić information content (AvgIpc) is 2.27. The van der Waals surface area contributed by atoms with E-state index < -0.39 is 11.7 Å². The summed E-state index contributed by atoms with van der Waals surface area (Å²) in [5, 5.41) is 3.13. The molecule has 1 N–H and O–H groups in total. The summed E-state index contributed by atoms with van der Waals surface area (Å²) in [5.74, 6) is 0.232. The van der Waals surface area contributed by atoms with Crippen molar-refractivity contribution in [3.8, 4) is 0 Å². The van der Waals surface area contributed by atoms with E-state index in [4.69, 9.17) is 4.74 Å². The average molecular weight is 245 g/mol. The lowest BCUT2D eigenvalue weighted by molar-refractivity contribution is -0.137. The van der Waals surface area contributed by atoms with E-state index >= 15 is 0 Å². The van der Waals surface area contributed by atoms with E-state index in [2.05, 4.69) is 5.32 Å². The van der Waals surface area contributed by atoms with Gasteiger partial charge in [0.25, 0.3) is 0 Å². The van der Waals surface area contributed by atoms with Crippen LogP contribution >= 0.6 is 0 Å². The van der Waals surface area contributed by atoms with Gasteiger partial charge in [0, 0.05) is 25.3 Å². The molecule has 17 heavy (non-hydrogen) atoms. The summed E-state index contributed by atoms with van der Waals surface area (Å²) in [6, 6.07) is 3.84. The van der Waals surface area contributed by atoms with Crippen LogP contribution < -0.4 is 5.32 Å². The number of rotatable bonds is 2. The Labute approximate surface area is 97.8 Å². The van der Waals surface area contributed by atoms with Gasteiger partial charge in [0.2, 0.25) is 0 Å². The van der Waals surface area contributed by atoms with Crippen molar-refractivity contribution in [2.75, 3.05) is 25.6 Å². The summed E-state index contributed by atoms with van der Waals surface area (Å²) < 4.78 is 42.7. The monoisotopic (exact) mass is 245 g/mol. The van der Waals surface area contributed by atoms with Crippen LogP contribution in [0.3, 0.4) is 0 Å². The fraction of sp³-hybridized carbons (Fsp3) is 0.500. The second-order valence-electron chi connectivity index (χ2n) is 4.28. The molecule has 0 saturated carbocycles. The topological polar surface area (TPSA) is 21.3 Å². The number of methoxy groups -OCH3 is 1. The van der Waals surface area contributed by atoms with Crippen molar-refractivity contribution in [1.82, 2.24) is 0 Å². The first-order valence-corrected chi connectivity index (χ1v) is 5.43. The molecule has 0 aliphatic carbocycles. The predicted molar refractivity (Wildman–Crippen MR) is 59.0 cm³/mol. The van der Waals surface area contributed by atoms with Gasteiger partial charge in [-0.15, -0.1) is 0 Å². The Morgan fingerprint density at radius 2 is 2.18 bits per heavy atom. The van der Waals surface area contributed by atoms with Crippen LogP contribution in [0, 0.1) is 5.92 Å². The number of ether oxygens (including phenoxy) is 1. The normalized spacial score (nSPS) is 19.6. The Hall–Kier alpha value is -1.23. The van der Waals surface area contributed by atoms with Crippen molar-refractivity contribution in [3.63, 3.8) is 0 Å². The highest BCUT2D eigenvalue weighted by Gasteiger charge is 2.31. The van der Waals surface area contributed by atoms with Crippen LogP contribution in [-0.2, 0) is 17.3 Å². The second kappa shape index (κ2) is 4.56. The van der Waals surface area contributed by atoms with E-state index in [1.54, 1.807) is 7.11 Å². The number of anilines is 1. The SMILES string of the molecule is COCC1CNc2ccc(C(F)(F)F)cc2C1. The lowest BCUT2D eigenvalue weighted by Gasteiger charge is -2.26. The van der Waals surface area contributed by atoms with Gasteiger partial charge in [-0.25, -0.2) is 0 Å². The Kier molecular flexibility index (Phi) is 3.28. The summed E-state index contributed by atoms with van der Waals surface area (Å²) in [5.41, 5.74) is 0.926. The molecule has 0 saturated heterocycles. The quantitative estimate of drug-likeness (QED) is 0.865. The lowest BCUT2D eigenvalue weighted by atomic mass is 9.93. The second-order valence-corrected chi connectivity index (χ2v) is 4.28. The summed E-state index contributed by atoms with van der Waals surface area (Å²) in [4.78, 5) is 0. The number of fused-ring (bicyclic) bond motifs is 1. The summed E-state index contributed by atoms with van der Waals surface area (Å²) in [7, 11) is 1.60. The molecule has 0 amide bonds. The van der Waals surface area contributed by atoms with E-state index in [0.717, 1.165) is 18.3 Å². The van der Waals surface area contributed by atoms with E-state index in [1.165, 1.54) is 12.1 Å². The van der Waals surface area contributed by atoms with Gasteiger partial charge >= 0.3 is 6.18 Å². The molecule has 0 aromatic heterocycles. The minimum absolute atomic E-state index is 0.232. The van der Waals surface area contributed by atoms with Crippen LogP contribution in [0.15, 0.2) is 18.2 Å². The molecule has 94 valence electrons. The van der Waals surface area contributed by atoms with Crippen molar-refractivity contribution in [1.29, 1.82) is 0 Å². The van der Waals surface area contributed by atoms with E-state index in [-0.39, 0.29) is 5.92 Å². The molecule has 0 fully saturated rings. The maximum atomic E-state index is 12.6. The standard InChI is InChI=1S/C12H14F3NO/c1-17-7-8-4-9-5-10(12(13,14)15)2-3-11(9)16-6-8/h2-3,5,8,16H,4,6-7H2,1H3. The molecule has 1 aromatic rings. The van der Waals surface area contributed by atoms with Gasteiger partial charge < -0.3 is 10.1 Å². The maximum absolute atomic E-state index is 12.6. The Balaban J connectivity index is 2.23. The van der Waals surface area contributed by atoms with Crippen LogP contribution in [0.4, 0.5) is 18.9 Å². The molecule has 0 bridgehead atoms. The highest BCUT2D eigenvalue weighted by molar-refractivity contribution is 5.55. The summed E-state index contributed by atoms with van der Waals surface area (Å²) in [6.07, 6.45) is -3.65. The molecular formula is C12H14F3NO. The molecule has 1 aromatic carbocycles. The zero-order chi connectivity index (χ0) is 12.5. The predicted octanol–water partition coefficient (Wildman–Crippen LogP) is 2.94. The summed E-state index contributed by atoms with van der Waals surface area (Å²) >= 11 is 0. The van der Waals surface area contributed by atoms with Crippen molar-refractivity contribution in [2.45, 2.75) is 12.6 Å². The minimum atomic E-state index is -4.27. The van der Waals surface area contributed by atoms with E-state index in [1.807, 2.05) is 0 Å². The van der Waals surface area contributed by atoms with Gasteiger partial charge in [0.05, 0.1) is 12.2 Å². The van der Waals surface area contributed by atoms with Gasteiger partial charge in [-0.2, -0.15) is 13.2 Å². The molecule has 1 aliphatic heterocycles. The van der Waals surface area contributed by atoms with Gasteiger partial charge in [0.1, 0.15) is 0 Å². The number of nitrogens with one attached hydrogen (secondary N) is 1. The molecule has 1 atom stereocenters. The van der Waals surface area contributed by atoms with Gasteiger partial charge in [0.15, 0.2) is 0 Å². The van der Waals surface area contributed by atoms with Crippen molar-refractivity contribution >= 4 is 5.69 Å². The third-order valence-corrected chi connectivity index (χ3v) is 2.92. The van der Waals surface area contributed by atoms with Crippen LogP contribution in [0.1, 0.15) is 11.1 Å². The number of benzene rings is 1. The van der Waals surface area contributed by atoms with Gasteiger partial charge in [-0.3, -0.25) is 0 Å². The minimum Gasteiger partial charge on any atom is -0.384 e. The van der Waals surface area contributed by atoms with Crippen molar-refractivity contribution in [3.05, 3.63) is 29.3 Å². The lowest BCUT2D eigenvalue weighted by Crippen LogP contribution is -2.26. The molecule has 0 spiro atoms. The first-order valence-electron chi connectivity index (χ1n) is 5.43. The highest BCUT2D eigenvalue weighted by Crippen LogP contribution is 2.34. The first kappa shape index (κ1) is 12.2. The molecular weight excluding hydrogens is 231 g/mol. The molecule has 5 heteroatoms. The number of halogens is 3. The molecule has 0 radical (unpaired) electrons. The molecule has 1 aliphatic rings. The molecule has 2 rings (SSSR count). The maximum Gasteiger partial charge on any atom is 0.416 e. The van der Waals surface area contributed by atoms with E-state index in [9.17, 15) is 13.2 Å². The highest BCUT2D eigenvalue weighted by atomic mass is 19.4. The zero-order valence-electron chi connectivity index (χ0n) is 9.47. The molecule has 1 unspecified atom stereocenters. The van der Waals surface area contributed by atoms with Gasteiger partial charge in [-0.1, -0.05) is 0 Å². The van der Waals surface area contributed by atoms with Gasteiger partial charge in [-0.05, 0) is 30.2 Å². The molecule has 2 nitrogen and oxygen atoms in total. The number of alkyl halides is 3. The third-order valence-electron chi connectivity index (χ3n) is 2.92. The van der Waals surface area contributed by atoms with Crippen molar-refractivity contribution in [2.24, 2.45) is 5.92 Å². The fourth-order valence-corrected chi connectivity index (χ4v) is 2.10. The number of hydrogen-bond acceptors (Lipinski definition) is 2. The Bertz CT molecular complexity index is 403. The zero-order valence-corrected chi connectivity index (χ0v) is 9.47. The van der Waals surface area contributed by atoms with E-state index in [0.29, 0.717) is 18.6 Å². The number of hydrogen-bond donors (Lipinski definition) is 1. The van der Waals surface area contributed by atoms with Crippen LogP contribution in [-0.4, -0.2) is 20.3 Å². The molecule has 1 heterocycles. The van der Waals surface area contributed by atoms with Crippen LogP contribution in [0.5, 0.6) is 0 Å². The summed E-state index contributed by atoms with van der Waals surface area (Å²) in [6.45, 7) is 1.30. The third kappa shape index (κ3) is 2.72. The Morgan fingerprint density at radius 1 is 1.41 bits per heavy atom. The largest absolute Gasteiger partial charge is 0.416 e. The van der Waals surface area contributed by atoms with Crippen LogP contribution in [0.25, 0.3) is 0 Å². The fourth-order valence-electron chi connectivity index (χ4n) is 2.10.